The van der Waals surface area contributed by atoms with Gasteiger partial charge in [-0.3, -0.25) is 0 Å². The number of esters is 2. The molecular weight excluding hydrogens is 360 g/mol. The van der Waals surface area contributed by atoms with Crippen LogP contribution in [0.2, 0.25) is 0 Å². The molecular formula is C21H28N2O5. The van der Waals surface area contributed by atoms with Crippen LogP contribution in [-0.2, 0) is 23.8 Å². The van der Waals surface area contributed by atoms with Gasteiger partial charge in [0.2, 0.25) is 0 Å². The zero-order chi connectivity index (χ0) is 20.8. The van der Waals surface area contributed by atoms with E-state index >= 15 is 0 Å². The number of dihydropyridines is 1. The Bertz CT molecular complexity index is 811. The molecule has 0 aromatic heterocycles. The molecule has 152 valence electrons. The van der Waals surface area contributed by atoms with Crippen LogP contribution in [0, 0.1) is 0 Å². The number of ether oxygens (including phenoxy) is 3. The lowest BCUT2D eigenvalue weighted by atomic mass is 9.80. The van der Waals surface area contributed by atoms with Crippen LogP contribution >= 0.6 is 0 Å². The van der Waals surface area contributed by atoms with Gasteiger partial charge in [0, 0.05) is 24.2 Å². The maximum Gasteiger partial charge on any atom is 0.337 e. The maximum atomic E-state index is 12.9. The highest BCUT2D eigenvalue weighted by molar-refractivity contribution is 6.00. The minimum Gasteiger partial charge on any atom is -0.460 e. The van der Waals surface area contributed by atoms with E-state index in [0.29, 0.717) is 28.2 Å². The minimum absolute atomic E-state index is 0.115. The molecule has 3 N–H and O–H groups in total. The molecule has 0 fully saturated rings. The Morgan fingerprint density at radius 3 is 2.32 bits per heavy atom. The van der Waals surface area contributed by atoms with Crippen molar-refractivity contribution < 1.29 is 23.8 Å². The Hall–Kier alpha value is -2.80. The second-order valence-electron chi connectivity index (χ2n) is 6.89. The number of nitrogens with two attached hydrogens (primary N) is 1. The Kier molecular flexibility index (Phi) is 7.23. The monoisotopic (exact) mass is 388 g/mol. The first-order valence-corrected chi connectivity index (χ1v) is 9.17. The molecule has 0 unspecified atom stereocenters. The number of rotatable bonds is 7. The van der Waals surface area contributed by atoms with Gasteiger partial charge in [-0.05, 0) is 45.4 Å². The van der Waals surface area contributed by atoms with Crippen LogP contribution in [0.3, 0.4) is 0 Å². The number of methoxy groups -OCH3 is 1. The van der Waals surface area contributed by atoms with Crippen LogP contribution in [0.15, 0.2) is 46.8 Å². The fourth-order valence-corrected chi connectivity index (χ4v) is 3.18. The molecule has 0 bridgehead atoms. The van der Waals surface area contributed by atoms with Gasteiger partial charge in [-0.25, -0.2) is 9.59 Å². The second-order valence-corrected chi connectivity index (χ2v) is 6.89. The van der Waals surface area contributed by atoms with Gasteiger partial charge in [-0.2, -0.15) is 0 Å². The zero-order valence-electron chi connectivity index (χ0n) is 17.0. The van der Waals surface area contributed by atoms with E-state index in [0.717, 1.165) is 5.56 Å². The molecule has 1 aliphatic heterocycles. The van der Waals surface area contributed by atoms with E-state index in [2.05, 4.69) is 5.32 Å². The molecule has 1 aromatic rings. The quantitative estimate of drug-likeness (QED) is 0.421. The molecule has 1 aliphatic rings. The molecule has 1 aromatic carbocycles. The third-order valence-corrected chi connectivity index (χ3v) is 4.31. The molecule has 7 heteroatoms. The molecule has 0 amide bonds. The van der Waals surface area contributed by atoms with Crippen LogP contribution in [-0.4, -0.2) is 38.4 Å². The summed E-state index contributed by atoms with van der Waals surface area (Å²) in [4.78, 5) is 25.7. The summed E-state index contributed by atoms with van der Waals surface area (Å²) in [5.41, 5.74) is 9.18. The largest absolute Gasteiger partial charge is 0.460 e. The molecule has 2 rings (SSSR count). The number of benzene rings is 1. The van der Waals surface area contributed by atoms with E-state index in [1.54, 1.807) is 45.9 Å². The van der Waals surface area contributed by atoms with Gasteiger partial charge in [0.05, 0.1) is 29.8 Å². The summed E-state index contributed by atoms with van der Waals surface area (Å²) in [6.45, 7) is 7.52. The van der Waals surface area contributed by atoms with Gasteiger partial charge >= 0.3 is 11.9 Å². The molecule has 0 saturated heterocycles. The van der Waals surface area contributed by atoms with Crippen molar-refractivity contribution in [2.45, 2.75) is 39.7 Å². The normalized spacial score (nSPS) is 16.9. The summed E-state index contributed by atoms with van der Waals surface area (Å²) in [6.07, 6.45) is -0.293. The SMILES string of the molecule is COCCOC(=O)C1=C(C)NC(C)=C(C(=O)OC(C)C)[C@H]1c1cccc(N)c1. The van der Waals surface area contributed by atoms with Gasteiger partial charge < -0.3 is 25.3 Å². The first kappa shape index (κ1) is 21.5. The fourth-order valence-electron chi connectivity index (χ4n) is 3.18. The van der Waals surface area contributed by atoms with Crippen molar-refractivity contribution >= 4 is 17.6 Å². The van der Waals surface area contributed by atoms with Crippen LogP contribution < -0.4 is 11.1 Å². The lowest BCUT2D eigenvalue weighted by Gasteiger charge is -2.31. The van der Waals surface area contributed by atoms with Crippen LogP contribution in [0.4, 0.5) is 5.69 Å². The average molecular weight is 388 g/mol. The Morgan fingerprint density at radius 2 is 1.75 bits per heavy atom. The Balaban J connectivity index is 2.54. The highest BCUT2D eigenvalue weighted by atomic mass is 16.6. The van der Waals surface area contributed by atoms with E-state index in [9.17, 15) is 9.59 Å². The highest BCUT2D eigenvalue weighted by Crippen LogP contribution is 2.39. The molecule has 0 saturated carbocycles. The number of carbonyl (C=O) groups is 2. The number of hydrogen-bond acceptors (Lipinski definition) is 7. The summed E-state index contributed by atoms with van der Waals surface area (Å²) < 4.78 is 15.7. The first-order valence-electron chi connectivity index (χ1n) is 9.17. The number of nitrogens with one attached hydrogen (secondary N) is 1. The van der Waals surface area contributed by atoms with Crippen molar-refractivity contribution in [3.8, 4) is 0 Å². The van der Waals surface area contributed by atoms with E-state index < -0.39 is 17.9 Å². The maximum absolute atomic E-state index is 12.9. The van der Waals surface area contributed by atoms with Crippen molar-refractivity contribution in [2.75, 3.05) is 26.1 Å². The van der Waals surface area contributed by atoms with Crippen LogP contribution in [0.1, 0.15) is 39.2 Å². The van der Waals surface area contributed by atoms with Crippen molar-refractivity contribution in [3.05, 3.63) is 52.4 Å². The topological polar surface area (TPSA) is 99.9 Å². The van der Waals surface area contributed by atoms with Crippen LogP contribution in [0.25, 0.3) is 0 Å². The molecule has 1 atom stereocenters. The number of nitrogen functional groups attached to an aromatic ring is 1. The second kappa shape index (κ2) is 9.41. The fraction of sp³-hybridized carbons (Fsp3) is 0.429. The molecule has 1 heterocycles. The number of anilines is 1. The number of hydrogen-bond donors (Lipinski definition) is 2. The lowest BCUT2D eigenvalue weighted by molar-refractivity contribution is -0.143. The number of allylic oxidation sites excluding steroid dienone is 2. The smallest absolute Gasteiger partial charge is 0.337 e. The third kappa shape index (κ3) is 4.92. The Morgan fingerprint density at radius 1 is 1.11 bits per heavy atom. The third-order valence-electron chi connectivity index (χ3n) is 4.31. The van der Waals surface area contributed by atoms with Crippen molar-refractivity contribution in [2.24, 2.45) is 0 Å². The van der Waals surface area contributed by atoms with E-state index in [1.807, 2.05) is 6.07 Å². The van der Waals surface area contributed by atoms with Gasteiger partial charge in [-0.15, -0.1) is 0 Å². The highest BCUT2D eigenvalue weighted by Gasteiger charge is 2.38. The summed E-state index contributed by atoms with van der Waals surface area (Å²) in [7, 11) is 1.53. The molecule has 7 nitrogen and oxygen atoms in total. The van der Waals surface area contributed by atoms with Gasteiger partial charge in [0.15, 0.2) is 0 Å². The zero-order valence-corrected chi connectivity index (χ0v) is 17.0. The van der Waals surface area contributed by atoms with Gasteiger partial charge in [0.1, 0.15) is 6.61 Å². The van der Waals surface area contributed by atoms with E-state index in [-0.39, 0.29) is 19.3 Å². The standard InChI is InChI=1S/C21H28N2O5/c1-12(2)28-21(25)18-14(4)23-13(3)17(20(24)27-10-9-26-5)19(18)15-7-6-8-16(22)11-15/h6-8,11-12,19,23H,9-10,22H2,1-5H3/t19-/m0/s1. The van der Waals surface area contributed by atoms with Crippen LogP contribution in [0.5, 0.6) is 0 Å². The van der Waals surface area contributed by atoms with E-state index in [4.69, 9.17) is 19.9 Å². The predicted molar refractivity (Wildman–Crippen MR) is 106 cm³/mol. The molecule has 0 spiro atoms. The summed E-state index contributed by atoms with van der Waals surface area (Å²) >= 11 is 0. The minimum atomic E-state index is -0.647. The molecule has 28 heavy (non-hydrogen) atoms. The van der Waals surface area contributed by atoms with Gasteiger partial charge in [-0.1, -0.05) is 12.1 Å². The van der Waals surface area contributed by atoms with E-state index in [1.165, 1.54) is 7.11 Å². The molecule has 0 aliphatic carbocycles. The van der Waals surface area contributed by atoms with Crippen molar-refractivity contribution in [1.82, 2.24) is 5.32 Å². The predicted octanol–water partition coefficient (Wildman–Crippen LogP) is 2.64. The lowest BCUT2D eigenvalue weighted by Crippen LogP contribution is -2.33. The van der Waals surface area contributed by atoms with Crippen molar-refractivity contribution in [3.63, 3.8) is 0 Å². The Labute approximate surface area is 165 Å². The van der Waals surface area contributed by atoms with Crippen molar-refractivity contribution in [1.29, 1.82) is 0 Å². The average Bonchev–Trinajstić information content (AvgIpc) is 2.60. The van der Waals surface area contributed by atoms with Gasteiger partial charge in [0.25, 0.3) is 0 Å². The summed E-state index contributed by atoms with van der Waals surface area (Å²) in [5.74, 6) is -1.65. The summed E-state index contributed by atoms with van der Waals surface area (Å²) in [5, 5.41) is 3.11. The molecule has 0 radical (unpaired) electrons. The number of carbonyl (C=O) groups excluding carboxylic acids is 2. The summed E-state index contributed by atoms with van der Waals surface area (Å²) in [6, 6.07) is 7.12. The first-order chi connectivity index (χ1) is 13.3.